The second kappa shape index (κ2) is 5.37. The van der Waals surface area contributed by atoms with Crippen LogP contribution in [0.1, 0.15) is 37.5 Å². The van der Waals surface area contributed by atoms with Crippen LogP contribution in [0.5, 0.6) is 0 Å². The largest absolute Gasteiger partial charge is 0.481 e. The molecule has 0 aromatic heterocycles. The molecule has 0 fully saturated rings. The highest BCUT2D eigenvalue weighted by molar-refractivity contribution is 6.29. The summed E-state index contributed by atoms with van der Waals surface area (Å²) in [5.74, 6) is -5.77. The van der Waals surface area contributed by atoms with E-state index in [4.69, 9.17) is 15.9 Å². The van der Waals surface area contributed by atoms with Crippen molar-refractivity contribution in [2.75, 3.05) is 0 Å². The van der Waals surface area contributed by atoms with Crippen molar-refractivity contribution in [3.05, 3.63) is 34.9 Å². The van der Waals surface area contributed by atoms with Crippen molar-refractivity contribution < 1.29 is 34.2 Å². The molecule has 0 spiro atoms. The number of benzene rings is 1. The Balaban J connectivity index is 2.36. The molecule has 1 aromatic rings. The van der Waals surface area contributed by atoms with Crippen LogP contribution in [0.25, 0.3) is 0 Å². The number of hydrogen-bond acceptors (Lipinski definition) is 6. The zero-order valence-corrected chi connectivity index (χ0v) is 11.0. The van der Waals surface area contributed by atoms with Crippen LogP contribution in [0.15, 0.2) is 18.2 Å². The fraction of sp³-hybridized carbons (Fsp3) is 0.154. The zero-order chi connectivity index (χ0) is 16.6. The van der Waals surface area contributed by atoms with Gasteiger partial charge in [0.2, 0.25) is 0 Å². The molecule has 2 rings (SSSR count). The molecule has 0 saturated heterocycles. The van der Waals surface area contributed by atoms with E-state index < -0.39 is 42.1 Å². The molecule has 9 heteroatoms. The van der Waals surface area contributed by atoms with Gasteiger partial charge in [0.1, 0.15) is 0 Å². The van der Waals surface area contributed by atoms with Gasteiger partial charge in [-0.1, -0.05) is 0 Å². The standard InChI is InChI=1S/C13H10N2O7/c14-8(4-9(16)17)12(20)15-10(18)6-2-1-5(13(21)22)3-7(6)11(15)19/h1-3,8H,4,14H2,(H,16,17)(H,21,22)/t8-/m0/s1. The molecule has 1 heterocycles. The van der Waals surface area contributed by atoms with Crippen LogP contribution < -0.4 is 5.73 Å². The highest BCUT2D eigenvalue weighted by atomic mass is 16.4. The molecule has 22 heavy (non-hydrogen) atoms. The Morgan fingerprint density at radius 2 is 1.68 bits per heavy atom. The maximum Gasteiger partial charge on any atom is 0.335 e. The number of carbonyl (C=O) groups excluding carboxylic acids is 3. The number of aromatic carboxylic acids is 1. The van der Waals surface area contributed by atoms with Gasteiger partial charge in [0.15, 0.2) is 0 Å². The molecule has 0 saturated carbocycles. The van der Waals surface area contributed by atoms with Crippen molar-refractivity contribution in [1.82, 2.24) is 4.90 Å². The Morgan fingerprint density at radius 1 is 1.09 bits per heavy atom. The molecule has 1 atom stereocenters. The lowest BCUT2D eigenvalue weighted by Crippen LogP contribution is -2.47. The fourth-order valence-electron chi connectivity index (χ4n) is 2.02. The van der Waals surface area contributed by atoms with E-state index in [-0.39, 0.29) is 21.6 Å². The molecule has 114 valence electrons. The molecule has 1 aliphatic heterocycles. The van der Waals surface area contributed by atoms with Crippen LogP contribution in [-0.2, 0) is 9.59 Å². The van der Waals surface area contributed by atoms with Crippen LogP contribution in [0, 0.1) is 0 Å². The van der Waals surface area contributed by atoms with Crippen LogP contribution in [0.4, 0.5) is 0 Å². The molecular formula is C13H10N2O7. The summed E-state index contributed by atoms with van der Waals surface area (Å²) in [7, 11) is 0. The first-order chi connectivity index (χ1) is 10.2. The zero-order valence-electron chi connectivity index (χ0n) is 11.0. The van der Waals surface area contributed by atoms with E-state index in [9.17, 15) is 24.0 Å². The Morgan fingerprint density at radius 3 is 2.23 bits per heavy atom. The Bertz CT molecular complexity index is 725. The van der Waals surface area contributed by atoms with E-state index in [0.717, 1.165) is 18.2 Å². The number of carboxylic acids is 2. The van der Waals surface area contributed by atoms with E-state index in [0.29, 0.717) is 0 Å². The van der Waals surface area contributed by atoms with E-state index in [1.165, 1.54) is 0 Å². The van der Waals surface area contributed by atoms with Gasteiger partial charge in [0.05, 0.1) is 29.2 Å². The number of fused-ring (bicyclic) bond motifs is 1. The van der Waals surface area contributed by atoms with Gasteiger partial charge in [0, 0.05) is 0 Å². The summed E-state index contributed by atoms with van der Waals surface area (Å²) < 4.78 is 0. The number of hydrogen-bond donors (Lipinski definition) is 3. The van der Waals surface area contributed by atoms with Crippen molar-refractivity contribution in [3.8, 4) is 0 Å². The normalized spacial score (nSPS) is 14.7. The molecule has 4 N–H and O–H groups in total. The molecule has 0 unspecified atom stereocenters. The Labute approximate surface area is 122 Å². The highest BCUT2D eigenvalue weighted by Gasteiger charge is 2.42. The summed E-state index contributed by atoms with van der Waals surface area (Å²) in [5.41, 5.74) is 4.78. The van der Waals surface area contributed by atoms with E-state index in [2.05, 4.69) is 0 Å². The van der Waals surface area contributed by atoms with Gasteiger partial charge < -0.3 is 15.9 Å². The number of carboxylic acid groups (broad SMARTS) is 2. The lowest BCUT2D eigenvalue weighted by atomic mass is 10.1. The summed E-state index contributed by atoms with van der Waals surface area (Å²) in [6.07, 6.45) is -0.743. The lowest BCUT2D eigenvalue weighted by molar-refractivity contribution is -0.140. The van der Waals surface area contributed by atoms with Crippen LogP contribution in [0.3, 0.4) is 0 Å². The highest BCUT2D eigenvalue weighted by Crippen LogP contribution is 2.24. The first-order valence-corrected chi connectivity index (χ1v) is 6.01. The number of aliphatic carboxylic acids is 1. The second-order valence-corrected chi connectivity index (χ2v) is 4.55. The molecule has 3 amide bonds. The first kappa shape index (κ1) is 15.3. The van der Waals surface area contributed by atoms with Crippen LogP contribution >= 0.6 is 0 Å². The third-order valence-electron chi connectivity index (χ3n) is 3.07. The van der Waals surface area contributed by atoms with Gasteiger partial charge in [-0.15, -0.1) is 0 Å². The van der Waals surface area contributed by atoms with Gasteiger partial charge in [-0.3, -0.25) is 19.2 Å². The smallest absolute Gasteiger partial charge is 0.335 e. The van der Waals surface area contributed by atoms with Gasteiger partial charge in [-0.05, 0) is 18.2 Å². The van der Waals surface area contributed by atoms with Crippen molar-refractivity contribution in [3.63, 3.8) is 0 Å². The summed E-state index contributed by atoms with van der Waals surface area (Å²) in [4.78, 5) is 57.8. The topological polar surface area (TPSA) is 155 Å². The van der Waals surface area contributed by atoms with Crippen LogP contribution in [-0.4, -0.2) is 50.8 Å². The number of rotatable bonds is 4. The lowest BCUT2D eigenvalue weighted by Gasteiger charge is -2.15. The molecule has 0 bridgehead atoms. The molecule has 1 aromatic carbocycles. The average molecular weight is 306 g/mol. The Hall–Kier alpha value is -3.07. The van der Waals surface area contributed by atoms with E-state index in [1.54, 1.807) is 0 Å². The predicted octanol–water partition coefficient (Wildman–Crippen LogP) is -0.691. The minimum absolute atomic E-state index is 0.133. The maximum absolute atomic E-state index is 12.1. The van der Waals surface area contributed by atoms with Gasteiger partial charge in [-0.2, -0.15) is 0 Å². The molecule has 9 nitrogen and oxygen atoms in total. The van der Waals surface area contributed by atoms with E-state index in [1.807, 2.05) is 0 Å². The maximum atomic E-state index is 12.1. The quantitative estimate of drug-likeness (QED) is 0.617. The van der Waals surface area contributed by atoms with Crippen molar-refractivity contribution in [2.24, 2.45) is 5.73 Å². The van der Waals surface area contributed by atoms with E-state index >= 15 is 0 Å². The van der Waals surface area contributed by atoms with Crippen molar-refractivity contribution in [2.45, 2.75) is 12.5 Å². The van der Waals surface area contributed by atoms with Gasteiger partial charge in [-0.25, -0.2) is 9.69 Å². The van der Waals surface area contributed by atoms with Gasteiger partial charge >= 0.3 is 11.9 Å². The van der Waals surface area contributed by atoms with Crippen LogP contribution in [0.2, 0.25) is 0 Å². The number of amides is 3. The van der Waals surface area contributed by atoms with Gasteiger partial charge in [0.25, 0.3) is 17.7 Å². The second-order valence-electron chi connectivity index (χ2n) is 4.55. The molecule has 0 radical (unpaired) electrons. The minimum Gasteiger partial charge on any atom is -0.481 e. The molecule has 1 aliphatic rings. The number of imide groups is 3. The summed E-state index contributed by atoms with van der Waals surface area (Å²) in [6.45, 7) is 0. The monoisotopic (exact) mass is 306 g/mol. The van der Waals surface area contributed by atoms with Crippen molar-refractivity contribution >= 4 is 29.7 Å². The molecule has 0 aliphatic carbocycles. The number of carbonyl (C=O) groups is 5. The third kappa shape index (κ3) is 2.44. The first-order valence-electron chi connectivity index (χ1n) is 6.01. The summed E-state index contributed by atoms with van der Waals surface area (Å²) >= 11 is 0. The number of nitrogens with zero attached hydrogens (tertiary/aromatic N) is 1. The number of nitrogens with two attached hydrogens (primary N) is 1. The minimum atomic E-state index is -1.56. The fourth-order valence-corrected chi connectivity index (χ4v) is 2.02. The SMILES string of the molecule is N[C@@H](CC(=O)O)C(=O)N1C(=O)c2ccc(C(=O)O)cc2C1=O. The Kier molecular flexibility index (Phi) is 3.74. The molecular weight excluding hydrogens is 296 g/mol. The average Bonchev–Trinajstić information content (AvgIpc) is 2.69. The summed E-state index contributed by atoms with van der Waals surface area (Å²) in [5, 5.41) is 17.5. The summed E-state index contributed by atoms with van der Waals surface area (Å²) in [6, 6.07) is 1.67. The predicted molar refractivity (Wildman–Crippen MR) is 69.1 cm³/mol. The van der Waals surface area contributed by atoms with Crippen molar-refractivity contribution in [1.29, 1.82) is 0 Å². The third-order valence-corrected chi connectivity index (χ3v) is 3.07.